The molecule has 0 aliphatic rings. The lowest BCUT2D eigenvalue weighted by Gasteiger charge is -2.14. The van der Waals surface area contributed by atoms with Crippen molar-refractivity contribution in [3.8, 4) is 5.75 Å². The van der Waals surface area contributed by atoms with E-state index < -0.39 is 0 Å². The smallest absolute Gasteiger partial charge is 0.132 e. The van der Waals surface area contributed by atoms with E-state index in [9.17, 15) is 0 Å². The van der Waals surface area contributed by atoms with Gasteiger partial charge in [0.05, 0.1) is 5.69 Å². The number of hydrogen-bond donors (Lipinski definition) is 1. The summed E-state index contributed by atoms with van der Waals surface area (Å²) in [6.45, 7) is 4.47. The van der Waals surface area contributed by atoms with Crippen molar-refractivity contribution in [2.45, 2.75) is 26.5 Å². The van der Waals surface area contributed by atoms with Gasteiger partial charge in [0.15, 0.2) is 0 Å². The van der Waals surface area contributed by atoms with Gasteiger partial charge in [0.2, 0.25) is 0 Å². The van der Waals surface area contributed by atoms with Gasteiger partial charge in [0.1, 0.15) is 12.4 Å². The van der Waals surface area contributed by atoms with Gasteiger partial charge in [-0.05, 0) is 26.0 Å². The molecule has 1 atom stereocenters. The van der Waals surface area contributed by atoms with Crippen molar-refractivity contribution in [1.82, 2.24) is 9.78 Å². The Hall–Kier alpha value is -1.81. The number of nitrogens with two attached hydrogens (primary N) is 1. The summed E-state index contributed by atoms with van der Waals surface area (Å²) in [7, 11) is 1.89. The first kappa shape index (κ1) is 12.6. The Balaban J connectivity index is 2.13. The molecule has 2 rings (SSSR count). The third-order valence-electron chi connectivity index (χ3n) is 2.80. The molecule has 96 valence electrons. The number of aryl methyl sites for hydroxylation is 2. The fraction of sp³-hybridized carbons (Fsp3) is 0.357. The molecular formula is C14H19N3O. The van der Waals surface area contributed by atoms with E-state index in [-0.39, 0.29) is 6.04 Å². The molecule has 1 aromatic carbocycles. The first-order chi connectivity index (χ1) is 8.56. The molecule has 1 unspecified atom stereocenters. The lowest BCUT2D eigenvalue weighted by atomic mass is 10.1. The molecular weight excluding hydrogens is 226 g/mol. The molecule has 0 spiro atoms. The SMILES string of the molecule is Cc1ccc(OCc2ccn(C)n2)c(C(C)N)c1. The summed E-state index contributed by atoms with van der Waals surface area (Å²) in [5.74, 6) is 0.834. The number of benzene rings is 1. The number of rotatable bonds is 4. The summed E-state index contributed by atoms with van der Waals surface area (Å²) in [5.41, 5.74) is 9.09. The third kappa shape index (κ3) is 2.90. The minimum Gasteiger partial charge on any atom is -0.487 e. The molecule has 1 heterocycles. The molecule has 2 N–H and O–H groups in total. The second kappa shape index (κ2) is 5.23. The first-order valence-electron chi connectivity index (χ1n) is 6.03. The van der Waals surface area contributed by atoms with Crippen molar-refractivity contribution < 1.29 is 4.74 Å². The van der Waals surface area contributed by atoms with Gasteiger partial charge in [-0.15, -0.1) is 0 Å². The van der Waals surface area contributed by atoms with Crippen molar-refractivity contribution in [3.05, 3.63) is 47.3 Å². The highest BCUT2D eigenvalue weighted by Gasteiger charge is 2.09. The fourth-order valence-corrected chi connectivity index (χ4v) is 1.85. The Labute approximate surface area is 107 Å². The van der Waals surface area contributed by atoms with Crippen molar-refractivity contribution >= 4 is 0 Å². The van der Waals surface area contributed by atoms with Crippen LogP contribution in [-0.2, 0) is 13.7 Å². The van der Waals surface area contributed by atoms with Gasteiger partial charge in [-0.25, -0.2) is 0 Å². The molecule has 1 aromatic heterocycles. The molecule has 0 fully saturated rings. The molecule has 4 nitrogen and oxygen atoms in total. The lowest BCUT2D eigenvalue weighted by Crippen LogP contribution is -2.08. The lowest BCUT2D eigenvalue weighted by molar-refractivity contribution is 0.295. The average molecular weight is 245 g/mol. The zero-order valence-corrected chi connectivity index (χ0v) is 11.1. The van der Waals surface area contributed by atoms with E-state index in [0.717, 1.165) is 17.0 Å². The standard InChI is InChI=1S/C14H19N3O/c1-10-4-5-14(13(8-10)11(2)15)18-9-12-6-7-17(3)16-12/h4-8,11H,9,15H2,1-3H3. The summed E-state index contributed by atoms with van der Waals surface area (Å²) >= 11 is 0. The summed E-state index contributed by atoms with van der Waals surface area (Å²) in [5, 5.41) is 4.28. The summed E-state index contributed by atoms with van der Waals surface area (Å²) in [4.78, 5) is 0. The summed E-state index contributed by atoms with van der Waals surface area (Å²) in [6.07, 6.45) is 1.90. The minimum atomic E-state index is -0.0383. The van der Waals surface area contributed by atoms with Crippen molar-refractivity contribution in [1.29, 1.82) is 0 Å². The summed E-state index contributed by atoms with van der Waals surface area (Å²) < 4.78 is 7.56. The molecule has 0 saturated heterocycles. The number of nitrogens with zero attached hydrogens (tertiary/aromatic N) is 2. The largest absolute Gasteiger partial charge is 0.487 e. The maximum atomic E-state index is 5.96. The van der Waals surface area contributed by atoms with E-state index in [2.05, 4.69) is 18.1 Å². The quantitative estimate of drug-likeness (QED) is 0.899. The fourth-order valence-electron chi connectivity index (χ4n) is 1.85. The van der Waals surface area contributed by atoms with Crippen LogP contribution in [0.1, 0.15) is 29.8 Å². The van der Waals surface area contributed by atoms with E-state index in [0.29, 0.717) is 6.61 Å². The van der Waals surface area contributed by atoms with Crippen LogP contribution in [0.5, 0.6) is 5.75 Å². The molecule has 2 aromatic rings. The second-order valence-electron chi connectivity index (χ2n) is 4.60. The van der Waals surface area contributed by atoms with Crippen LogP contribution in [0.25, 0.3) is 0 Å². The average Bonchev–Trinajstić information content (AvgIpc) is 2.73. The van der Waals surface area contributed by atoms with Crippen LogP contribution in [0.15, 0.2) is 30.5 Å². The van der Waals surface area contributed by atoms with E-state index in [4.69, 9.17) is 10.5 Å². The number of aromatic nitrogens is 2. The monoisotopic (exact) mass is 245 g/mol. The van der Waals surface area contributed by atoms with Crippen LogP contribution in [0.2, 0.25) is 0 Å². The highest BCUT2D eigenvalue weighted by molar-refractivity contribution is 5.38. The van der Waals surface area contributed by atoms with Crippen LogP contribution >= 0.6 is 0 Å². The van der Waals surface area contributed by atoms with Gasteiger partial charge in [-0.2, -0.15) is 5.10 Å². The van der Waals surface area contributed by atoms with Crippen LogP contribution in [-0.4, -0.2) is 9.78 Å². The Kier molecular flexibility index (Phi) is 3.67. The molecule has 0 amide bonds. The minimum absolute atomic E-state index is 0.0383. The first-order valence-corrected chi connectivity index (χ1v) is 6.03. The highest BCUT2D eigenvalue weighted by Crippen LogP contribution is 2.25. The van der Waals surface area contributed by atoms with E-state index in [1.165, 1.54) is 5.56 Å². The molecule has 0 radical (unpaired) electrons. The molecule has 0 saturated carbocycles. The van der Waals surface area contributed by atoms with Gasteiger partial charge in [0.25, 0.3) is 0 Å². The van der Waals surface area contributed by atoms with Crippen LogP contribution in [0, 0.1) is 6.92 Å². The highest BCUT2D eigenvalue weighted by atomic mass is 16.5. The third-order valence-corrected chi connectivity index (χ3v) is 2.80. The zero-order valence-electron chi connectivity index (χ0n) is 11.1. The Morgan fingerprint density at radius 1 is 1.39 bits per heavy atom. The van der Waals surface area contributed by atoms with E-state index in [1.54, 1.807) is 4.68 Å². The van der Waals surface area contributed by atoms with Gasteiger partial charge in [-0.3, -0.25) is 4.68 Å². The zero-order chi connectivity index (χ0) is 13.1. The Bertz CT molecular complexity index is 532. The summed E-state index contributed by atoms with van der Waals surface area (Å²) in [6, 6.07) is 7.97. The maximum absolute atomic E-state index is 5.96. The van der Waals surface area contributed by atoms with Gasteiger partial charge >= 0.3 is 0 Å². The van der Waals surface area contributed by atoms with Crippen LogP contribution in [0.3, 0.4) is 0 Å². The Morgan fingerprint density at radius 3 is 2.78 bits per heavy atom. The normalized spacial score (nSPS) is 12.4. The van der Waals surface area contributed by atoms with Gasteiger partial charge in [0, 0.05) is 24.8 Å². The predicted molar refractivity (Wildman–Crippen MR) is 71.3 cm³/mol. The Morgan fingerprint density at radius 2 is 2.17 bits per heavy atom. The predicted octanol–water partition coefficient (Wildman–Crippen LogP) is 2.33. The van der Waals surface area contributed by atoms with Crippen LogP contribution < -0.4 is 10.5 Å². The molecule has 0 aliphatic carbocycles. The number of ether oxygens (including phenoxy) is 1. The van der Waals surface area contributed by atoms with E-state index in [1.807, 2.05) is 38.4 Å². The molecule has 4 heteroatoms. The van der Waals surface area contributed by atoms with Gasteiger partial charge in [-0.1, -0.05) is 17.7 Å². The van der Waals surface area contributed by atoms with Crippen molar-refractivity contribution in [2.24, 2.45) is 12.8 Å². The number of hydrogen-bond acceptors (Lipinski definition) is 3. The van der Waals surface area contributed by atoms with Gasteiger partial charge < -0.3 is 10.5 Å². The second-order valence-corrected chi connectivity index (χ2v) is 4.60. The van der Waals surface area contributed by atoms with Crippen molar-refractivity contribution in [2.75, 3.05) is 0 Å². The molecule has 18 heavy (non-hydrogen) atoms. The van der Waals surface area contributed by atoms with Crippen molar-refractivity contribution in [3.63, 3.8) is 0 Å². The topological polar surface area (TPSA) is 53.1 Å². The molecule has 0 aliphatic heterocycles. The van der Waals surface area contributed by atoms with E-state index >= 15 is 0 Å². The van der Waals surface area contributed by atoms with Crippen LogP contribution in [0.4, 0.5) is 0 Å². The molecule has 0 bridgehead atoms. The maximum Gasteiger partial charge on any atom is 0.132 e.